The van der Waals surface area contributed by atoms with Crippen LogP contribution in [0.3, 0.4) is 0 Å². The van der Waals surface area contributed by atoms with Gasteiger partial charge in [0.05, 0.1) is 0 Å². The fourth-order valence-electron chi connectivity index (χ4n) is 1.18. The van der Waals surface area contributed by atoms with E-state index < -0.39 is 0 Å². The lowest BCUT2D eigenvalue weighted by Crippen LogP contribution is -1.94. The predicted octanol–water partition coefficient (Wildman–Crippen LogP) is 4.09. The minimum atomic E-state index is 0.591. The molecule has 76 valence electrons. The largest absolute Gasteiger partial charge is 0.298 e. The van der Waals surface area contributed by atoms with E-state index in [1.807, 2.05) is 0 Å². The molecule has 0 aliphatic heterocycles. The van der Waals surface area contributed by atoms with Gasteiger partial charge in [-0.05, 0) is 46.5 Å². The fourth-order valence-corrected chi connectivity index (χ4v) is 2.32. The quantitative estimate of drug-likeness (QED) is 0.604. The van der Waals surface area contributed by atoms with Crippen LogP contribution in [0.1, 0.15) is 22.3 Å². The molecule has 1 nitrogen and oxygen atoms in total. The van der Waals surface area contributed by atoms with Gasteiger partial charge in [-0.2, -0.15) is 0 Å². The van der Waals surface area contributed by atoms with Crippen LogP contribution in [-0.4, -0.2) is 12.2 Å². The minimum absolute atomic E-state index is 0.591. The fraction of sp³-hybridized carbons (Fsp3) is 0.300. The lowest BCUT2D eigenvalue weighted by molar-refractivity contribution is 0.112. The van der Waals surface area contributed by atoms with Gasteiger partial charge in [0.1, 0.15) is 0 Å². The Morgan fingerprint density at radius 1 is 1.43 bits per heavy atom. The third-order valence-electron chi connectivity index (χ3n) is 1.90. The highest BCUT2D eigenvalue weighted by Crippen LogP contribution is 2.28. The Kier molecular flexibility index (Phi) is 4.93. The number of rotatable bonds is 4. The van der Waals surface area contributed by atoms with Gasteiger partial charge >= 0.3 is 0 Å². The molecule has 0 aliphatic rings. The van der Waals surface area contributed by atoms with Gasteiger partial charge in [-0.1, -0.05) is 11.6 Å². The number of carbonyl (C=O) groups excluding carboxylic acids is 1. The van der Waals surface area contributed by atoms with E-state index >= 15 is 0 Å². The smallest absolute Gasteiger partial charge is 0.151 e. The monoisotopic (exact) mass is 294 g/mol. The van der Waals surface area contributed by atoms with Gasteiger partial charge in [0, 0.05) is 20.9 Å². The van der Waals surface area contributed by atoms with Gasteiger partial charge in [0.2, 0.25) is 0 Å². The number of hydrogen-bond acceptors (Lipinski definition) is 1. The van der Waals surface area contributed by atoms with Crippen LogP contribution in [0.2, 0.25) is 5.02 Å². The Bertz CT molecular complexity index is 339. The van der Waals surface area contributed by atoms with Crippen LogP contribution in [0.25, 0.3) is 0 Å². The molecule has 1 rings (SSSR count). The summed E-state index contributed by atoms with van der Waals surface area (Å²) in [5.74, 6) is 0.591. The highest BCUT2D eigenvalue weighted by molar-refractivity contribution is 9.10. The van der Waals surface area contributed by atoms with Crippen molar-refractivity contribution in [3.05, 3.63) is 32.8 Å². The second-order valence-corrected chi connectivity index (χ2v) is 4.42. The van der Waals surface area contributed by atoms with Crippen molar-refractivity contribution in [1.29, 1.82) is 0 Å². The van der Waals surface area contributed by atoms with E-state index in [-0.39, 0.29) is 0 Å². The Morgan fingerprint density at radius 2 is 2.14 bits per heavy atom. The van der Waals surface area contributed by atoms with E-state index in [2.05, 4.69) is 15.9 Å². The Hall–Kier alpha value is -0.0500. The molecule has 1 aromatic carbocycles. The van der Waals surface area contributed by atoms with Crippen LogP contribution in [0, 0.1) is 0 Å². The molecule has 0 radical (unpaired) electrons. The average molecular weight is 296 g/mol. The lowest BCUT2D eigenvalue weighted by atomic mass is 10.1. The van der Waals surface area contributed by atoms with Crippen molar-refractivity contribution in [2.45, 2.75) is 12.8 Å². The summed E-state index contributed by atoms with van der Waals surface area (Å²) in [6.07, 6.45) is 2.44. The van der Waals surface area contributed by atoms with Crippen LogP contribution in [-0.2, 0) is 6.42 Å². The summed E-state index contributed by atoms with van der Waals surface area (Å²) in [6, 6.07) is 3.43. The topological polar surface area (TPSA) is 17.1 Å². The number of hydrogen-bond donors (Lipinski definition) is 0. The van der Waals surface area contributed by atoms with E-state index in [1.54, 1.807) is 12.1 Å². The second kappa shape index (κ2) is 5.74. The molecule has 0 amide bonds. The number of aldehydes is 1. The van der Waals surface area contributed by atoms with Crippen molar-refractivity contribution in [3.8, 4) is 0 Å². The maximum Gasteiger partial charge on any atom is 0.151 e. The number of halogens is 3. The van der Waals surface area contributed by atoms with E-state index in [0.29, 0.717) is 16.5 Å². The zero-order valence-electron chi connectivity index (χ0n) is 7.40. The van der Waals surface area contributed by atoms with Crippen molar-refractivity contribution in [3.63, 3.8) is 0 Å². The summed E-state index contributed by atoms with van der Waals surface area (Å²) < 4.78 is 0.783. The molecule has 0 saturated heterocycles. The summed E-state index contributed by atoms with van der Waals surface area (Å²) >= 11 is 15.0. The van der Waals surface area contributed by atoms with E-state index in [0.717, 1.165) is 29.2 Å². The molecule has 0 aliphatic carbocycles. The van der Waals surface area contributed by atoms with Gasteiger partial charge in [0.25, 0.3) is 0 Å². The first kappa shape index (κ1) is 12.0. The first-order valence-electron chi connectivity index (χ1n) is 4.18. The molecule has 0 heterocycles. The van der Waals surface area contributed by atoms with Crippen molar-refractivity contribution >= 4 is 45.4 Å². The van der Waals surface area contributed by atoms with E-state index in [1.165, 1.54) is 0 Å². The molecule has 0 unspecified atom stereocenters. The Labute approximate surface area is 102 Å². The number of alkyl halides is 1. The lowest BCUT2D eigenvalue weighted by Gasteiger charge is -2.07. The van der Waals surface area contributed by atoms with Crippen LogP contribution >= 0.6 is 39.1 Å². The van der Waals surface area contributed by atoms with Gasteiger partial charge in [-0.25, -0.2) is 0 Å². The van der Waals surface area contributed by atoms with Crippen LogP contribution in [0.5, 0.6) is 0 Å². The predicted molar refractivity (Wildman–Crippen MR) is 63.6 cm³/mol. The van der Waals surface area contributed by atoms with Crippen LogP contribution in [0.4, 0.5) is 0 Å². The third-order valence-corrected chi connectivity index (χ3v) is 3.46. The first-order valence-corrected chi connectivity index (χ1v) is 5.89. The molecule has 14 heavy (non-hydrogen) atoms. The molecular formula is C10H9BrCl2O. The zero-order chi connectivity index (χ0) is 10.6. The first-order chi connectivity index (χ1) is 6.70. The van der Waals surface area contributed by atoms with Gasteiger partial charge < -0.3 is 0 Å². The molecule has 0 fully saturated rings. The third kappa shape index (κ3) is 2.72. The van der Waals surface area contributed by atoms with Crippen molar-refractivity contribution < 1.29 is 4.79 Å². The summed E-state index contributed by atoms with van der Waals surface area (Å²) in [5.41, 5.74) is 1.58. The summed E-state index contributed by atoms with van der Waals surface area (Å²) in [4.78, 5) is 10.7. The van der Waals surface area contributed by atoms with E-state index in [9.17, 15) is 4.79 Å². The average Bonchev–Trinajstić information content (AvgIpc) is 2.18. The molecular weight excluding hydrogens is 287 g/mol. The van der Waals surface area contributed by atoms with Crippen molar-refractivity contribution in [1.82, 2.24) is 0 Å². The molecule has 1 aromatic rings. The van der Waals surface area contributed by atoms with E-state index in [4.69, 9.17) is 23.2 Å². The Balaban J connectivity index is 3.05. The SMILES string of the molecule is O=Cc1ccc(Cl)c(CCCCl)c1Br. The molecule has 0 aromatic heterocycles. The maximum atomic E-state index is 10.7. The van der Waals surface area contributed by atoms with Crippen LogP contribution in [0.15, 0.2) is 16.6 Å². The second-order valence-electron chi connectivity index (χ2n) is 2.84. The minimum Gasteiger partial charge on any atom is -0.298 e. The summed E-state index contributed by atoms with van der Waals surface area (Å²) in [6.45, 7) is 0. The molecule has 0 N–H and O–H groups in total. The standard InChI is InChI=1S/C10H9BrCl2O/c11-10-7(6-14)3-4-9(13)8(10)2-1-5-12/h3-4,6H,1-2,5H2. The van der Waals surface area contributed by atoms with Gasteiger partial charge in [0.15, 0.2) is 6.29 Å². The van der Waals surface area contributed by atoms with Gasteiger partial charge in [-0.15, -0.1) is 11.6 Å². The molecule has 0 bridgehead atoms. The molecule has 4 heteroatoms. The zero-order valence-corrected chi connectivity index (χ0v) is 10.5. The molecule has 0 saturated carbocycles. The Morgan fingerprint density at radius 3 is 2.71 bits per heavy atom. The highest BCUT2D eigenvalue weighted by atomic mass is 79.9. The molecule has 0 atom stereocenters. The van der Waals surface area contributed by atoms with Crippen LogP contribution < -0.4 is 0 Å². The number of carbonyl (C=O) groups is 1. The summed E-state index contributed by atoms with van der Waals surface area (Å²) in [5, 5.41) is 0.674. The summed E-state index contributed by atoms with van der Waals surface area (Å²) in [7, 11) is 0. The normalized spacial score (nSPS) is 10.2. The van der Waals surface area contributed by atoms with Gasteiger partial charge in [-0.3, -0.25) is 4.79 Å². The highest BCUT2D eigenvalue weighted by Gasteiger charge is 2.08. The molecule has 0 spiro atoms. The number of benzene rings is 1. The van der Waals surface area contributed by atoms with Crippen molar-refractivity contribution in [2.75, 3.05) is 5.88 Å². The van der Waals surface area contributed by atoms with Crippen molar-refractivity contribution in [2.24, 2.45) is 0 Å². The maximum absolute atomic E-state index is 10.7.